The van der Waals surface area contributed by atoms with E-state index in [9.17, 15) is 4.79 Å². The summed E-state index contributed by atoms with van der Waals surface area (Å²) in [6.45, 7) is 7.68. The number of ether oxygens (including phenoxy) is 1. The van der Waals surface area contributed by atoms with E-state index in [2.05, 4.69) is 18.8 Å². The molecule has 1 rings (SSSR count). The first kappa shape index (κ1) is 12.0. The van der Waals surface area contributed by atoms with E-state index in [0.717, 1.165) is 12.8 Å². The molecule has 2 N–H and O–H groups in total. The average molecular weight is 213 g/mol. The molecule has 1 amide bonds. The maximum Gasteiger partial charge on any atom is 0.404 e. The summed E-state index contributed by atoms with van der Waals surface area (Å²) in [4.78, 5) is 10.5. The minimum absolute atomic E-state index is 0.0674. The van der Waals surface area contributed by atoms with Gasteiger partial charge < -0.3 is 15.2 Å². The van der Waals surface area contributed by atoms with Gasteiger partial charge in [0.2, 0.25) is 0 Å². The first-order valence-corrected chi connectivity index (χ1v) is 5.30. The molecule has 1 saturated heterocycles. The highest BCUT2D eigenvalue weighted by atomic mass is 16.5. The zero-order valence-electron chi connectivity index (χ0n) is 9.27. The molecule has 1 heterocycles. The van der Waals surface area contributed by atoms with E-state index < -0.39 is 6.09 Å². The Balaban J connectivity index is 2.53. The van der Waals surface area contributed by atoms with Crippen LogP contribution in [0.1, 0.15) is 26.7 Å². The SMILES string of the molecule is C=CC[C@@H]1O[C@H](C)[C@H](NC(=O)O)C[C@@H]1C. The van der Waals surface area contributed by atoms with Crippen LogP contribution < -0.4 is 5.32 Å². The zero-order valence-corrected chi connectivity index (χ0v) is 9.27. The minimum atomic E-state index is -0.982. The van der Waals surface area contributed by atoms with Crippen LogP contribution in [0.2, 0.25) is 0 Å². The predicted octanol–water partition coefficient (Wildman–Crippen LogP) is 2.01. The second-order valence-corrected chi connectivity index (χ2v) is 4.17. The van der Waals surface area contributed by atoms with Crippen molar-refractivity contribution in [2.45, 2.75) is 44.9 Å². The van der Waals surface area contributed by atoms with Crippen LogP contribution in [0.15, 0.2) is 12.7 Å². The Bertz CT molecular complexity index is 242. The molecule has 0 aliphatic carbocycles. The van der Waals surface area contributed by atoms with Gasteiger partial charge in [-0.25, -0.2) is 4.79 Å². The molecule has 1 aliphatic rings. The van der Waals surface area contributed by atoms with Gasteiger partial charge in [-0.15, -0.1) is 6.58 Å². The Morgan fingerprint density at radius 2 is 2.33 bits per heavy atom. The van der Waals surface area contributed by atoms with Gasteiger partial charge in [-0.3, -0.25) is 0 Å². The molecule has 0 aromatic heterocycles. The van der Waals surface area contributed by atoms with Gasteiger partial charge in [0.15, 0.2) is 0 Å². The first-order chi connectivity index (χ1) is 7.04. The smallest absolute Gasteiger partial charge is 0.404 e. The van der Waals surface area contributed by atoms with Crippen molar-refractivity contribution in [1.82, 2.24) is 5.32 Å². The van der Waals surface area contributed by atoms with Crippen LogP contribution in [0.4, 0.5) is 4.79 Å². The molecule has 0 bridgehead atoms. The number of nitrogens with one attached hydrogen (secondary N) is 1. The molecular weight excluding hydrogens is 194 g/mol. The van der Waals surface area contributed by atoms with Crippen molar-refractivity contribution in [2.24, 2.45) is 5.92 Å². The summed E-state index contributed by atoms with van der Waals surface area (Å²) in [5.41, 5.74) is 0. The van der Waals surface area contributed by atoms with Crippen molar-refractivity contribution in [3.8, 4) is 0 Å². The number of hydrogen-bond acceptors (Lipinski definition) is 2. The Morgan fingerprint density at radius 1 is 1.67 bits per heavy atom. The van der Waals surface area contributed by atoms with Gasteiger partial charge in [-0.1, -0.05) is 13.0 Å². The van der Waals surface area contributed by atoms with E-state index in [1.165, 1.54) is 0 Å². The van der Waals surface area contributed by atoms with Gasteiger partial charge in [0.25, 0.3) is 0 Å². The molecule has 86 valence electrons. The topological polar surface area (TPSA) is 58.6 Å². The van der Waals surface area contributed by atoms with Gasteiger partial charge in [0, 0.05) is 0 Å². The summed E-state index contributed by atoms with van der Waals surface area (Å²) in [6.07, 6.45) is 2.62. The van der Waals surface area contributed by atoms with Gasteiger partial charge in [-0.2, -0.15) is 0 Å². The molecule has 4 heteroatoms. The van der Waals surface area contributed by atoms with E-state index in [1.807, 2.05) is 13.0 Å². The summed E-state index contributed by atoms with van der Waals surface area (Å²) in [7, 11) is 0. The minimum Gasteiger partial charge on any atom is -0.465 e. The average Bonchev–Trinajstić information content (AvgIpc) is 2.13. The molecule has 4 nitrogen and oxygen atoms in total. The van der Waals surface area contributed by atoms with Crippen LogP contribution in [0, 0.1) is 5.92 Å². The van der Waals surface area contributed by atoms with Gasteiger partial charge >= 0.3 is 6.09 Å². The third-order valence-electron chi connectivity index (χ3n) is 2.92. The van der Waals surface area contributed by atoms with Crippen molar-refractivity contribution in [2.75, 3.05) is 0 Å². The number of carbonyl (C=O) groups is 1. The lowest BCUT2D eigenvalue weighted by molar-refractivity contribution is -0.0843. The summed E-state index contributed by atoms with van der Waals surface area (Å²) in [5, 5.41) is 11.1. The van der Waals surface area contributed by atoms with E-state index >= 15 is 0 Å². The largest absolute Gasteiger partial charge is 0.465 e. The molecule has 1 aliphatic heterocycles. The van der Waals surface area contributed by atoms with E-state index in [4.69, 9.17) is 9.84 Å². The molecule has 0 saturated carbocycles. The lowest BCUT2D eigenvalue weighted by atomic mass is 9.88. The standard InChI is InChI=1S/C11H19NO3/c1-4-5-10-7(2)6-9(8(3)15-10)12-11(13)14/h4,7-10,12H,1,5-6H2,2-3H3,(H,13,14)/t7-,8+,9+,10-/m0/s1. The molecule has 0 aromatic rings. The summed E-state index contributed by atoms with van der Waals surface area (Å²) >= 11 is 0. The lowest BCUT2D eigenvalue weighted by Gasteiger charge is -2.38. The van der Waals surface area contributed by atoms with Gasteiger partial charge in [0.1, 0.15) is 0 Å². The predicted molar refractivity (Wildman–Crippen MR) is 57.9 cm³/mol. The summed E-state index contributed by atoms with van der Waals surface area (Å²) in [5.74, 6) is 0.357. The van der Waals surface area contributed by atoms with E-state index in [1.54, 1.807) is 0 Å². The molecular formula is C11H19NO3. The first-order valence-electron chi connectivity index (χ1n) is 5.30. The molecule has 1 fully saturated rings. The highest BCUT2D eigenvalue weighted by molar-refractivity contribution is 5.64. The Labute approximate surface area is 90.3 Å². The Kier molecular flexibility index (Phi) is 4.15. The monoisotopic (exact) mass is 213 g/mol. The second kappa shape index (κ2) is 5.16. The fraction of sp³-hybridized carbons (Fsp3) is 0.727. The van der Waals surface area contributed by atoms with Gasteiger partial charge in [0.05, 0.1) is 18.2 Å². The molecule has 0 unspecified atom stereocenters. The normalized spacial score (nSPS) is 35.9. The summed E-state index contributed by atoms with van der Waals surface area (Å²) in [6, 6.07) is -0.0986. The maximum atomic E-state index is 10.5. The highest BCUT2D eigenvalue weighted by Gasteiger charge is 2.33. The van der Waals surface area contributed by atoms with Crippen LogP contribution in [-0.4, -0.2) is 29.4 Å². The van der Waals surface area contributed by atoms with Crippen molar-refractivity contribution in [1.29, 1.82) is 0 Å². The van der Waals surface area contributed by atoms with Crippen LogP contribution >= 0.6 is 0 Å². The van der Waals surface area contributed by atoms with E-state index in [-0.39, 0.29) is 18.2 Å². The quantitative estimate of drug-likeness (QED) is 0.705. The Hall–Kier alpha value is -1.03. The maximum absolute atomic E-state index is 10.5. The van der Waals surface area contributed by atoms with Crippen molar-refractivity contribution < 1.29 is 14.6 Å². The fourth-order valence-corrected chi connectivity index (χ4v) is 2.04. The third-order valence-corrected chi connectivity index (χ3v) is 2.92. The molecule has 0 aromatic carbocycles. The number of hydrogen-bond donors (Lipinski definition) is 2. The lowest BCUT2D eigenvalue weighted by Crippen LogP contribution is -2.50. The van der Waals surface area contributed by atoms with Gasteiger partial charge in [-0.05, 0) is 25.7 Å². The highest BCUT2D eigenvalue weighted by Crippen LogP contribution is 2.27. The van der Waals surface area contributed by atoms with Crippen molar-refractivity contribution in [3.63, 3.8) is 0 Å². The second-order valence-electron chi connectivity index (χ2n) is 4.17. The molecule has 0 spiro atoms. The van der Waals surface area contributed by atoms with Crippen LogP contribution in [0.3, 0.4) is 0 Å². The molecule has 15 heavy (non-hydrogen) atoms. The summed E-state index contributed by atoms with van der Waals surface area (Å²) < 4.78 is 5.76. The van der Waals surface area contributed by atoms with Crippen LogP contribution in [0.5, 0.6) is 0 Å². The van der Waals surface area contributed by atoms with Crippen molar-refractivity contribution >= 4 is 6.09 Å². The number of rotatable bonds is 3. The van der Waals surface area contributed by atoms with Crippen molar-refractivity contribution in [3.05, 3.63) is 12.7 Å². The number of carboxylic acid groups (broad SMARTS) is 1. The molecule has 0 radical (unpaired) electrons. The van der Waals surface area contributed by atoms with Crippen LogP contribution in [0.25, 0.3) is 0 Å². The zero-order chi connectivity index (χ0) is 11.4. The van der Waals surface area contributed by atoms with E-state index in [0.29, 0.717) is 5.92 Å². The number of amides is 1. The molecule has 4 atom stereocenters. The third kappa shape index (κ3) is 3.23. The van der Waals surface area contributed by atoms with Crippen LogP contribution in [-0.2, 0) is 4.74 Å². The fourth-order valence-electron chi connectivity index (χ4n) is 2.04. The Morgan fingerprint density at radius 3 is 2.87 bits per heavy atom.